The van der Waals surface area contributed by atoms with Gasteiger partial charge in [0.25, 0.3) is 0 Å². The van der Waals surface area contributed by atoms with Crippen molar-refractivity contribution >= 4 is 11.6 Å². The van der Waals surface area contributed by atoms with E-state index in [1.54, 1.807) is 0 Å². The van der Waals surface area contributed by atoms with E-state index in [4.69, 9.17) is 30.5 Å². The van der Waals surface area contributed by atoms with Gasteiger partial charge >= 0.3 is 0 Å². The predicted octanol–water partition coefficient (Wildman–Crippen LogP) is 4.96. The van der Waals surface area contributed by atoms with Gasteiger partial charge in [-0.15, -0.1) is 0 Å². The third-order valence-corrected chi connectivity index (χ3v) is 7.04. The maximum atomic E-state index is 10.5. The molecule has 2 aromatic carbocycles. The van der Waals surface area contributed by atoms with Crippen molar-refractivity contribution < 1.29 is 24.1 Å². The molecule has 5 rings (SSSR count). The topological polar surface area (TPSA) is 57.2 Å². The Labute approximate surface area is 194 Å². The highest BCUT2D eigenvalue weighted by atomic mass is 35.5. The molecule has 0 radical (unpaired) electrons. The van der Waals surface area contributed by atoms with Gasteiger partial charge in [-0.05, 0) is 67.0 Å². The van der Waals surface area contributed by atoms with Gasteiger partial charge in [-0.1, -0.05) is 23.7 Å². The molecule has 1 saturated heterocycles. The first-order valence-corrected chi connectivity index (χ1v) is 12.0. The molecule has 5 atom stereocenters. The van der Waals surface area contributed by atoms with Crippen LogP contribution in [-0.4, -0.2) is 43.7 Å². The molecule has 0 amide bonds. The zero-order chi connectivity index (χ0) is 22.1. The fourth-order valence-corrected chi connectivity index (χ4v) is 5.01. The van der Waals surface area contributed by atoms with Gasteiger partial charge in [0, 0.05) is 30.0 Å². The smallest absolute Gasteiger partial charge is 0.126 e. The Bertz CT molecular complexity index is 931. The van der Waals surface area contributed by atoms with E-state index in [1.165, 1.54) is 0 Å². The highest BCUT2D eigenvalue weighted by molar-refractivity contribution is 6.31. The van der Waals surface area contributed by atoms with Crippen LogP contribution in [0, 0.1) is 11.8 Å². The van der Waals surface area contributed by atoms with E-state index in [-0.39, 0.29) is 12.2 Å². The van der Waals surface area contributed by atoms with Gasteiger partial charge in [-0.2, -0.15) is 0 Å². The van der Waals surface area contributed by atoms with E-state index < -0.39 is 6.10 Å². The van der Waals surface area contributed by atoms with Gasteiger partial charge in [-0.3, -0.25) is 0 Å². The highest BCUT2D eigenvalue weighted by Gasteiger charge is 2.39. The Balaban J connectivity index is 1.44. The number of hydrogen-bond donors (Lipinski definition) is 1. The molecule has 32 heavy (non-hydrogen) atoms. The van der Waals surface area contributed by atoms with Gasteiger partial charge in [-0.25, -0.2) is 0 Å². The fraction of sp³-hybridized carbons (Fsp3) is 0.538. The second-order valence-electron chi connectivity index (χ2n) is 9.21. The molecule has 2 heterocycles. The second-order valence-corrected chi connectivity index (χ2v) is 9.62. The number of fused-ring (bicyclic) bond motifs is 5. The van der Waals surface area contributed by atoms with Crippen molar-refractivity contribution in [2.24, 2.45) is 11.8 Å². The first-order valence-electron chi connectivity index (χ1n) is 11.7. The third kappa shape index (κ3) is 5.07. The fourth-order valence-electron chi connectivity index (χ4n) is 4.79. The lowest BCUT2D eigenvalue weighted by molar-refractivity contribution is -0.125. The molecule has 2 fully saturated rings. The first-order chi connectivity index (χ1) is 15.6. The number of rotatable bonds is 4. The summed E-state index contributed by atoms with van der Waals surface area (Å²) in [5.41, 5.74) is 3.14. The van der Waals surface area contributed by atoms with Crippen LogP contribution in [-0.2, 0) is 15.9 Å². The molecule has 172 valence electrons. The standard InChI is InChI=1S/C26H31ClO5/c1-2-30-21-5-3-16(4-6-21)7-17-9-23-25(12-24(17)27)31-14-19-8-18(19)13-29-15-22-10-20(28)11-26(23)32-22/h3-6,9,12,18-20,22,26,28H,2,7-8,10-11,13-15H2,1H3. The molecule has 1 aliphatic carbocycles. The van der Waals surface area contributed by atoms with Crippen molar-refractivity contribution in [3.8, 4) is 11.5 Å². The summed E-state index contributed by atoms with van der Waals surface area (Å²) in [5, 5.41) is 11.2. The van der Waals surface area contributed by atoms with E-state index in [9.17, 15) is 5.11 Å². The lowest BCUT2D eigenvalue weighted by atomic mass is 9.93. The van der Waals surface area contributed by atoms with Gasteiger partial charge in [0.05, 0.1) is 38.1 Å². The van der Waals surface area contributed by atoms with Crippen LogP contribution in [0.1, 0.15) is 49.0 Å². The summed E-state index contributed by atoms with van der Waals surface area (Å²) in [7, 11) is 0. The summed E-state index contributed by atoms with van der Waals surface area (Å²) in [6, 6.07) is 12.1. The van der Waals surface area contributed by atoms with E-state index in [2.05, 4.69) is 18.2 Å². The van der Waals surface area contributed by atoms with E-state index >= 15 is 0 Å². The van der Waals surface area contributed by atoms with Gasteiger partial charge in [0.1, 0.15) is 11.5 Å². The first kappa shape index (κ1) is 22.0. The van der Waals surface area contributed by atoms with Crippen molar-refractivity contribution in [1.29, 1.82) is 0 Å². The minimum atomic E-state index is -0.419. The number of ether oxygens (including phenoxy) is 4. The van der Waals surface area contributed by atoms with Crippen LogP contribution >= 0.6 is 11.6 Å². The molecule has 3 aliphatic rings. The van der Waals surface area contributed by atoms with Crippen molar-refractivity contribution in [1.82, 2.24) is 0 Å². The largest absolute Gasteiger partial charge is 0.494 e. The van der Waals surface area contributed by atoms with Crippen LogP contribution in [0.3, 0.4) is 0 Å². The molecule has 6 heteroatoms. The molecular formula is C26H31ClO5. The average Bonchev–Trinajstić information content (AvgIpc) is 3.52. The van der Waals surface area contributed by atoms with Crippen LogP contribution in [0.2, 0.25) is 5.02 Å². The molecule has 2 bridgehead atoms. The predicted molar refractivity (Wildman–Crippen MR) is 123 cm³/mol. The Morgan fingerprint density at radius 2 is 1.84 bits per heavy atom. The summed E-state index contributed by atoms with van der Waals surface area (Å²) < 4.78 is 24.1. The highest BCUT2D eigenvalue weighted by Crippen LogP contribution is 2.43. The summed E-state index contributed by atoms with van der Waals surface area (Å²) in [4.78, 5) is 0. The van der Waals surface area contributed by atoms with Crippen molar-refractivity contribution in [2.45, 2.75) is 50.9 Å². The van der Waals surface area contributed by atoms with E-state index in [1.807, 2.05) is 25.1 Å². The Hall–Kier alpha value is -1.79. The maximum Gasteiger partial charge on any atom is 0.126 e. The minimum absolute atomic E-state index is 0.113. The number of benzene rings is 2. The zero-order valence-electron chi connectivity index (χ0n) is 18.5. The summed E-state index contributed by atoms with van der Waals surface area (Å²) in [5.74, 6) is 2.73. The lowest BCUT2D eigenvalue weighted by Gasteiger charge is -2.34. The molecule has 1 N–H and O–H groups in total. The quantitative estimate of drug-likeness (QED) is 0.702. The Morgan fingerprint density at radius 1 is 1.03 bits per heavy atom. The van der Waals surface area contributed by atoms with Crippen molar-refractivity contribution in [3.05, 3.63) is 58.1 Å². The maximum absolute atomic E-state index is 10.5. The van der Waals surface area contributed by atoms with Crippen LogP contribution < -0.4 is 9.47 Å². The number of aliphatic hydroxyl groups excluding tert-OH is 1. The van der Waals surface area contributed by atoms with Gasteiger partial charge in [0.15, 0.2) is 0 Å². The van der Waals surface area contributed by atoms with Gasteiger partial charge in [0.2, 0.25) is 0 Å². The number of hydrogen-bond acceptors (Lipinski definition) is 5. The lowest BCUT2D eigenvalue weighted by Crippen LogP contribution is -2.35. The monoisotopic (exact) mass is 458 g/mol. The summed E-state index contributed by atoms with van der Waals surface area (Å²) >= 11 is 6.71. The van der Waals surface area contributed by atoms with Gasteiger partial charge < -0.3 is 24.1 Å². The van der Waals surface area contributed by atoms with Crippen LogP contribution in [0.5, 0.6) is 11.5 Å². The molecule has 5 nitrogen and oxygen atoms in total. The zero-order valence-corrected chi connectivity index (χ0v) is 19.2. The minimum Gasteiger partial charge on any atom is -0.494 e. The number of aliphatic hydroxyl groups is 1. The van der Waals surface area contributed by atoms with Crippen molar-refractivity contribution in [3.63, 3.8) is 0 Å². The van der Waals surface area contributed by atoms with Crippen LogP contribution in [0.4, 0.5) is 0 Å². The molecule has 1 saturated carbocycles. The normalized spacial score (nSPS) is 29.5. The second kappa shape index (κ2) is 9.60. The molecule has 2 aromatic rings. The SMILES string of the molecule is CCOc1ccc(Cc2cc3c(cc2Cl)OCC2CC2COCC2CC(O)CC3O2)cc1. The summed E-state index contributed by atoms with van der Waals surface area (Å²) in [6.07, 6.45) is 2.21. The van der Waals surface area contributed by atoms with Crippen LogP contribution in [0.25, 0.3) is 0 Å². The molecule has 0 aromatic heterocycles. The van der Waals surface area contributed by atoms with Crippen LogP contribution in [0.15, 0.2) is 36.4 Å². The van der Waals surface area contributed by atoms with Crippen molar-refractivity contribution in [2.75, 3.05) is 26.4 Å². The van der Waals surface area contributed by atoms with E-state index in [0.29, 0.717) is 55.9 Å². The van der Waals surface area contributed by atoms with E-state index in [0.717, 1.165) is 41.2 Å². The Kier molecular flexibility index (Phi) is 6.61. The molecule has 5 unspecified atom stereocenters. The Morgan fingerprint density at radius 3 is 2.66 bits per heavy atom. The molecular weight excluding hydrogens is 428 g/mol. The molecule has 0 spiro atoms. The summed E-state index contributed by atoms with van der Waals surface area (Å²) in [6.45, 7) is 4.56. The molecule has 2 aliphatic heterocycles. The average molecular weight is 459 g/mol. The third-order valence-electron chi connectivity index (χ3n) is 6.69. The number of halogens is 1.